The predicted molar refractivity (Wildman–Crippen MR) is 67.5 cm³/mol. The molecular weight excluding hydrogens is 346 g/mol. The van der Waals surface area contributed by atoms with E-state index in [1.165, 1.54) is 7.11 Å². The van der Waals surface area contributed by atoms with E-state index in [0.717, 1.165) is 6.07 Å². The topological polar surface area (TPSA) is 64.4 Å². The molecule has 130 valence electrons. The largest absolute Gasteiger partial charge is 0.479 e. The average molecular weight is 354 g/mol. The highest BCUT2D eigenvalue weighted by atomic mass is 19.4. The van der Waals surface area contributed by atoms with Crippen molar-refractivity contribution < 1.29 is 40.4 Å². The number of ether oxygens (including phenoxy) is 1. The zero-order chi connectivity index (χ0) is 18.1. The van der Waals surface area contributed by atoms with E-state index in [2.05, 4.69) is 14.4 Å². The summed E-state index contributed by atoms with van der Waals surface area (Å²) in [5, 5.41) is 5.19. The molecule has 1 heterocycles. The summed E-state index contributed by atoms with van der Waals surface area (Å²) in [6, 6.07) is 1.72. The molecule has 5 nitrogen and oxygen atoms in total. The minimum absolute atomic E-state index is 0.0485. The van der Waals surface area contributed by atoms with Gasteiger partial charge in [0.2, 0.25) is 5.76 Å². The minimum atomic E-state index is -5.02. The minimum Gasteiger partial charge on any atom is -0.479 e. The lowest BCUT2D eigenvalue weighted by atomic mass is 10.1. The Morgan fingerprint density at radius 3 is 2.00 bits per heavy atom. The van der Waals surface area contributed by atoms with Gasteiger partial charge in [0, 0.05) is 5.69 Å². The van der Waals surface area contributed by atoms with Crippen molar-refractivity contribution in [2.24, 2.45) is 0 Å². The fourth-order valence-electron chi connectivity index (χ4n) is 1.68. The van der Waals surface area contributed by atoms with Gasteiger partial charge in [-0.25, -0.2) is 0 Å². The van der Waals surface area contributed by atoms with Crippen LogP contribution in [-0.4, -0.2) is 18.2 Å². The number of carbonyl (C=O) groups is 1. The second-order valence-electron chi connectivity index (χ2n) is 4.48. The van der Waals surface area contributed by atoms with E-state index in [-0.39, 0.29) is 11.9 Å². The van der Waals surface area contributed by atoms with Gasteiger partial charge in [-0.2, -0.15) is 26.3 Å². The summed E-state index contributed by atoms with van der Waals surface area (Å²) in [4.78, 5) is 11.8. The molecule has 2 rings (SSSR count). The van der Waals surface area contributed by atoms with Gasteiger partial charge in [-0.05, 0) is 23.4 Å². The van der Waals surface area contributed by atoms with Crippen LogP contribution in [0, 0.1) is 0 Å². The number of halogens is 6. The molecule has 0 atom stereocenters. The molecule has 0 aliphatic carbocycles. The molecule has 1 aromatic carbocycles. The lowest BCUT2D eigenvalue weighted by Crippen LogP contribution is -2.15. The van der Waals surface area contributed by atoms with Crippen LogP contribution < -0.4 is 10.1 Å². The van der Waals surface area contributed by atoms with Crippen LogP contribution in [0.5, 0.6) is 5.88 Å². The van der Waals surface area contributed by atoms with Crippen molar-refractivity contribution in [3.8, 4) is 5.88 Å². The molecule has 0 aliphatic heterocycles. The Labute approximate surface area is 130 Å². The third-order valence-corrected chi connectivity index (χ3v) is 2.77. The Balaban J connectivity index is 2.36. The maximum atomic E-state index is 12.7. The molecule has 0 unspecified atom stereocenters. The molecule has 0 spiro atoms. The summed E-state index contributed by atoms with van der Waals surface area (Å²) in [5.41, 5.74) is -3.80. The Kier molecular flexibility index (Phi) is 4.45. The van der Waals surface area contributed by atoms with Crippen molar-refractivity contribution >= 4 is 11.6 Å². The van der Waals surface area contributed by atoms with E-state index in [1.54, 1.807) is 0 Å². The van der Waals surface area contributed by atoms with Gasteiger partial charge in [0.1, 0.15) is 0 Å². The number of anilines is 1. The molecule has 0 saturated heterocycles. The van der Waals surface area contributed by atoms with Crippen molar-refractivity contribution in [2.45, 2.75) is 12.4 Å². The van der Waals surface area contributed by atoms with E-state index < -0.39 is 40.8 Å². The van der Waals surface area contributed by atoms with Crippen LogP contribution in [0.1, 0.15) is 21.7 Å². The van der Waals surface area contributed by atoms with Crippen molar-refractivity contribution in [3.63, 3.8) is 0 Å². The zero-order valence-corrected chi connectivity index (χ0v) is 11.7. The molecule has 0 fully saturated rings. The standard InChI is InChI=1S/C13H8F6N2O3/c1-23-10-5-9(24-21-10)11(22)20-8-3-6(12(14,15)16)2-7(4-8)13(17,18)19/h2-5H,1H3,(H,20,22). The maximum Gasteiger partial charge on any atom is 0.416 e. The number of benzene rings is 1. The first-order valence-electron chi connectivity index (χ1n) is 6.12. The second kappa shape index (κ2) is 6.06. The van der Waals surface area contributed by atoms with Crippen molar-refractivity contribution in [1.82, 2.24) is 5.16 Å². The summed E-state index contributed by atoms with van der Waals surface area (Å²) in [6.45, 7) is 0. The number of rotatable bonds is 3. The van der Waals surface area contributed by atoms with Gasteiger partial charge in [0.25, 0.3) is 11.8 Å². The van der Waals surface area contributed by atoms with Crippen LogP contribution in [0.15, 0.2) is 28.8 Å². The maximum absolute atomic E-state index is 12.7. The monoisotopic (exact) mass is 354 g/mol. The molecule has 0 bridgehead atoms. The first-order valence-corrected chi connectivity index (χ1v) is 6.12. The highest BCUT2D eigenvalue weighted by Gasteiger charge is 2.37. The molecule has 24 heavy (non-hydrogen) atoms. The van der Waals surface area contributed by atoms with E-state index in [4.69, 9.17) is 0 Å². The predicted octanol–water partition coefficient (Wildman–Crippen LogP) is 3.97. The fraction of sp³-hybridized carbons (Fsp3) is 0.231. The van der Waals surface area contributed by atoms with Crippen LogP contribution in [0.25, 0.3) is 0 Å². The summed E-state index contributed by atoms with van der Waals surface area (Å²) >= 11 is 0. The molecule has 0 radical (unpaired) electrons. The van der Waals surface area contributed by atoms with Crippen molar-refractivity contribution in [1.29, 1.82) is 0 Å². The Morgan fingerprint density at radius 2 is 1.58 bits per heavy atom. The highest BCUT2D eigenvalue weighted by molar-refractivity contribution is 6.02. The van der Waals surface area contributed by atoms with Crippen molar-refractivity contribution in [2.75, 3.05) is 12.4 Å². The van der Waals surface area contributed by atoms with Gasteiger partial charge >= 0.3 is 12.4 Å². The molecule has 2 aromatic rings. The Bertz CT molecular complexity index is 719. The first-order chi connectivity index (χ1) is 11.0. The quantitative estimate of drug-likeness (QED) is 0.847. The molecule has 0 aliphatic rings. The van der Waals surface area contributed by atoms with Crippen LogP contribution >= 0.6 is 0 Å². The number of methoxy groups -OCH3 is 1. The van der Waals surface area contributed by atoms with Crippen LogP contribution in [0.2, 0.25) is 0 Å². The number of amides is 1. The lowest BCUT2D eigenvalue weighted by molar-refractivity contribution is -0.143. The number of nitrogens with one attached hydrogen (secondary N) is 1. The van der Waals surface area contributed by atoms with Gasteiger partial charge in [-0.1, -0.05) is 0 Å². The Hall–Kier alpha value is -2.72. The second-order valence-corrected chi connectivity index (χ2v) is 4.48. The van der Waals surface area contributed by atoms with Crippen LogP contribution in [0.3, 0.4) is 0 Å². The van der Waals surface area contributed by atoms with Gasteiger partial charge in [0.05, 0.1) is 24.3 Å². The van der Waals surface area contributed by atoms with E-state index in [1.807, 2.05) is 5.32 Å². The third kappa shape index (κ3) is 3.97. The zero-order valence-electron chi connectivity index (χ0n) is 11.7. The van der Waals surface area contributed by atoms with Gasteiger partial charge < -0.3 is 14.6 Å². The van der Waals surface area contributed by atoms with Crippen molar-refractivity contribution in [3.05, 3.63) is 41.2 Å². The third-order valence-electron chi connectivity index (χ3n) is 2.77. The molecular formula is C13H8F6N2O3. The number of alkyl halides is 6. The van der Waals surface area contributed by atoms with E-state index in [9.17, 15) is 31.1 Å². The smallest absolute Gasteiger partial charge is 0.416 e. The molecule has 0 saturated carbocycles. The number of hydrogen-bond acceptors (Lipinski definition) is 4. The summed E-state index contributed by atoms with van der Waals surface area (Å²) in [5.74, 6) is -1.61. The molecule has 11 heteroatoms. The summed E-state index contributed by atoms with van der Waals surface area (Å²) < 4.78 is 85.5. The van der Waals surface area contributed by atoms with Crippen LogP contribution in [-0.2, 0) is 12.4 Å². The normalized spacial score (nSPS) is 12.1. The lowest BCUT2D eigenvalue weighted by Gasteiger charge is -2.14. The summed E-state index contributed by atoms with van der Waals surface area (Å²) in [7, 11) is 1.22. The van der Waals surface area contributed by atoms with Gasteiger partial charge in [-0.3, -0.25) is 4.79 Å². The number of carbonyl (C=O) groups excluding carboxylic acids is 1. The number of hydrogen-bond donors (Lipinski definition) is 1. The average Bonchev–Trinajstić information content (AvgIpc) is 2.94. The van der Waals surface area contributed by atoms with E-state index in [0.29, 0.717) is 12.1 Å². The Morgan fingerprint density at radius 1 is 1.04 bits per heavy atom. The first kappa shape index (κ1) is 17.6. The SMILES string of the molecule is COc1cc(C(=O)Nc2cc(C(F)(F)F)cc(C(F)(F)F)c2)on1. The highest BCUT2D eigenvalue weighted by Crippen LogP contribution is 2.37. The molecule has 1 N–H and O–H groups in total. The van der Waals surface area contributed by atoms with Crippen LogP contribution in [0.4, 0.5) is 32.0 Å². The number of nitrogens with zero attached hydrogens (tertiary/aromatic N) is 1. The number of aromatic nitrogens is 1. The molecule has 1 aromatic heterocycles. The summed E-state index contributed by atoms with van der Waals surface area (Å²) in [6.07, 6.45) is -10.0. The van der Waals surface area contributed by atoms with E-state index >= 15 is 0 Å². The molecule has 1 amide bonds. The van der Waals surface area contributed by atoms with Gasteiger partial charge in [0.15, 0.2) is 0 Å². The van der Waals surface area contributed by atoms with Gasteiger partial charge in [-0.15, -0.1) is 0 Å². The fourth-order valence-corrected chi connectivity index (χ4v) is 1.68.